The molecule has 4 rings (SSSR count). The monoisotopic (exact) mass is 496 g/mol. The molecule has 0 N–H and O–H groups in total. The molecule has 0 aromatic heterocycles. The largest absolute Gasteiger partial charge is 2.00 e. The third kappa shape index (κ3) is 8.77. The Morgan fingerprint density at radius 3 is 2.09 bits per heavy atom. The summed E-state index contributed by atoms with van der Waals surface area (Å²) in [7, 11) is 0. The second-order valence-corrected chi connectivity index (χ2v) is 7.05. The molecule has 0 bridgehead atoms. The molecule has 2 aliphatic rings. The predicted molar refractivity (Wildman–Crippen MR) is 125 cm³/mol. The van der Waals surface area contributed by atoms with Crippen molar-refractivity contribution in [2.45, 2.75) is 6.92 Å². The normalized spacial score (nSPS) is 16.6. The Morgan fingerprint density at radius 1 is 0.824 bits per heavy atom. The first-order valence-electron chi connectivity index (χ1n) is 10.6. The fourth-order valence-corrected chi connectivity index (χ4v) is 3.09. The maximum absolute atomic E-state index is 12.2. The molecule has 10 radical (unpaired) electrons. The Bertz CT molecular complexity index is 972. The molecule has 0 aliphatic heterocycles. The number of esters is 1. The molecule has 2 fully saturated rings. The van der Waals surface area contributed by atoms with Crippen LogP contribution in [-0.2, 0) is 26.6 Å². The first-order chi connectivity index (χ1) is 16.1. The number of hydrogen-bond acceptors (Lipinski definition) is 6. The number of ether oxygens (including phenoxy) is 1. The van der Waals surface area contributed by atoms with Gasteiger partial charge in [0.05, 0.1) is 13.2 Å². The molecule has 0 unspecified atom stereocenters. The van der Waals surface area contributed by atoms with E-state index >= 15 is 0 Å². The van der Waals surface area contributed by atoms with Gasteiger partial charge in [-0.15, -0.1) is 0 Å². The van der Waals surface area contributed by atoms with E-state index in [2.05, 4.69) is 20.8 Å². The maximum Gasteiger partial charge on any atom is 2.00 e. The van der Waals surface area contributed by atoms with Crippen molar-refractivity contribution >= 4 is 28.5 Å². The zero-order chi connectivity index (χ0) is 23.5. The minimum absolute atomic E-state index is 0. The summed E-state index contributed by atoms with van der Waals surface area (Å²) < 4.78 is 4.68. The summed E-state index contributed by atoms with van der Waals surface area (Å²) >= 11 is 0. The van der Waals surface area contributed by atoms with E-state index in [1.165, 1.54) is 0 Å². The van der Waals surface area contributed by atoms with Gasteiger partial charge in [0.25, 0.3) is 0 Å². The van der Waals surface area contributed by atoms with Crippen molar-refractivity contribution in [3.8, 4) is 0 Å². The van der Waals surface area contributed by atoms with Gasteiger partial charge >= 0.3 is 23.0 Å². The van der Waals surface area contributed by atoms with Crippen LogP contribution in [0.5, 0.6) is 0 Å². The molecule has 2 saturated carbocycles. The van der Waals surface area contributed by atoms with E-state index in [1.54, 1.807) is 19.1 Å². The van der Waals surface area contributed by atoms with Gasteiger partial charge in [0, 0.05) is 5.92 Å². The van der Waals surface area contributed by atoms with Crippen molar-refractivity contribution in [1.29, 1.82) is 0 Å². The summed E-state index contributed by atoms with van der Waals surface area (Å²) in [4.78, 5) is 18.4. The van der Waals surface area contributed by atoms with Crippen molar-refractivity contribution in [2.24, 2.45) is 9.98 Å². The van der Waals surface area contributed by atoms with E-state index < -0.39 is 24.3 Å². The molecule has 2 aromatic rings. The van der Waals surface area contributed by atoms with Crippen molar-refractivity contribution in [3.05, 3.63) is 111 Å². The number of hydrogen-bond donors (Lipinski definition) is 0. The van der Waals surface area contributed by atoms with Crippen molar-refractivity contribution in [3.63, 3.8) is 0 Å². The Kier molecular flexibility index (Phi) is 12.1. The number of carbonyl (C=O) groups excluding carboxylic acids is 1. The van der Waals surface area contributed by atoms with Gasteiger partial charge < -0.3 is 14.9 Å². The molecular formula is C27H24FeN2O4. The van der Waals surface area contributed by atoms with Gasteiger partial charge in [-0.25, -0.2) is 0 Å². The summed E-state index contributed by atoms with van der Waals surface area (Å²) in [5.41, 5.74) is 1.50. The summed E-state index contributed by atoms with van der Waals surface area (Å²) in [6.07, 6.45) is 18.1. The van der Waals surface area contributed by atoms with E-state index in [1.807, 2.05) is 76.0 Å². The van der Waals surface area contributed by atoms with Gasteiger partial charge in [0.1, 0.15) is 6.54 Å². The summed E-state index contributed by atoms with van der Waals surface area (Å²) in [5.74, 6) is -0.580. The molecule has 7 heteroatoms. The first kappa shape index (κ1) is 27.9. The average Bonchev–Trinajstić information content (AvgIpc) is 3.58. The number of aliphatic imine (C=N–C) groups is 2. The van der Waals surface area contributed by atoms with Gasteiger partial charge in [0.2, 0.25) is 0 Å². The predicted octanol–water partition coefficient (Wildman–Crippen LogP) is 2.04. The number of benzene rings is 2. The molecular weight excluding hydrogens is 472 g/mol. The van der Waals surface area contributed by atoms with Gasteiger partial charge in [-0.3, -0.25) is 14.8 Å². The SMILES string of the molecule is CCOC(=O)CN=C([O-])CN=C([O-])c1ccc2cc([C]3[CH][CH][CH][CH]3)ccc2c1.[CH]1[CH][CH][CH][CH]1.[Fe+2]. The molecule has 0 amide bonds. The van der Waals surface area contributed by atoms with Crippen LogP contribution in [0.3, 0.4) is 0 Å². The van der Waals surface area contributed by atoms with Crippen molar-refractivity contribution in [1.82, 2.24) is 0 Å². The van der Waals surface area contributed by atoms with Crippen LogP contribution in [0.4, 0.5) is 0 Å². The van der Waals surface area contributed by atoms with E-state index in [4.69, 9.17) is 0 Å². The van der Waals surface area contributed by atoms with E-state index in [0.717, 1.165) is 22.3 Å². The van der Waals surface area contributed by atoms with Crippen LogP contribution in [0.25, 0.3) is 10.8 Å². The second kappa shape index (κ2) is 14.8. The standard InChI is InChI=1S/C22H21N2O4.C5H5.Fe/c1-2-28-21(26)14-23-20(25)13-24-22(27)19-10-9-17-11-16(7-8-18(17)12-19)15-5-3-4-6-15;1-2-4-5-3-1;/h3-12H,2,13-14H2,1H3,(H,23,25)(H,24,27);1-5H;/q;;+2/p-2. The molecule has 2 aromatic carbocycles. The fraction of sp³-hybridized carbons (Fsp3) is 0.148. The summed E-state index contributed by atoms with van der Waals surface area (Å²) in [5, 5.41) is 25.8. The summed E-state index contributed by atoms with van der Waals surface area (Å²) in [6.45, 7) is 1.13. The average molecular weight is 496 g/mol. The smallest absolute Gasteiger partial charge is 0.861 e. The molecule has 0 atom stereocenters. The third-order valence-corrected chi connectivity index (χ3v) is 4.69. The zero-order valence-electron chi connectivity index (χ0n) is 18.7. The van der Waals surface area contributed by atoms with Crippen LogP contribution in [-0.4, -0.2) is 37.5 Å². The van der Waals surface area contributed by atoms with Gasteiger partial charge in [-0.1, -0.05) is 30.3 Å². The number of rotatable bonds is 7. The van der Waals surface area contributed by atoms with Crippen LogP contribution in [0.1, 0.15) is 18.1 Å². The van der Waals surface area contributed by atoms with Gasteiger partial charge in [-0.2, -0.15) is 0 Å². The van der Waals surface area contributed by atoms with Crippen LogP contribution in [0.15, 0.2) is 46.4 Å². The minimum atomic E-state index is -0.637. The Morgan fingerprint density at radius 2 is 1.44 bits per heavy atom. The third-order valence-electron chi connectivity index (χ3n) is 4.69. The van der Waals surface area contributed by atoms with Crippen LogP contribution < -0.4 is 10.2 Å². The summed E-state index contributed by atoms with van der Waals surface area (Å²) in [6, 6.07) is 11.3. The molecule has 0 spiro atoms. The van der Waals surface area contributed by atoms with Crippen LogP contribution in [0, 0.1) is 63.7 Å². The quantitative estimate of drug-likeness (QED) is 0.254. The number of carbonyl (C=O) groups is 1. The molecule has 34 heavy (non-hydrogen) atoms. The second-order valence-electron chi connectivity index (χ2n) is 7.05. The Labute approximate surface area is 213 Å². The molecule has 0 heterocycles. The van der Waals surface area contributed by atoms with Gasteiger partial charge in [0.15, 0.2) is 0 Å². The number of fused-ring (bicyclic) bond motifs is 1. The van der Waals surface area contributed by atoms with E-state index in [-0.39, 0.29) is 30.2 Å². The van der Waals surface area contributed by atoms with E-state index in [0.29, 0.717) is 5.56 Å². The Balaban J connectivity index is 0.000000603. The van der Waals surface area contributed by atoms with Crippen LogP contribution >= 0.6 is 0 Å². The van der Waals surface area contributed by atoms with Gasteiger partial charge in [-0.05, 0) is 104 Å². The number of nitrogens with zero attached hydrogens (tertiary/aromatic N) is 2. The molecule has 6 nitrogen and oxygen atoms in total. The Hall–Kier alpha value is -2.37. The van der Waals surface area contributed by atoms with Crippen molar-refractivity contribution in [2.75, 3.05) is 19.7 Å². The molecule has 174 valence electrons. The van der Waals surface area contributed by atoms with E-state index in [9.17, 15) is 15.0 Å². The molecule has 2 aliphatic carbocycles. The topological polar surface area (TPSA) is 97.1 Å². The van der Waals surface area contributed by atoms with Crippen molar-refractivity contribution < 1.29 is 36.8 Å². The maximum atomic E-state index is 12.2. The minimum Gasteiger partial charge on any atom is -0.861 e. The first-order valence-corrected chi connectivity index (χ1v) is 10.6. The zero-order valence-corrected chi connectivity index (χ0v) is 19.8. The fourth-order valence-electron chi connectivity index (χ4n) is 3.09. The molecule has 0 saturated heterocycles. The van der Waals surface area contributed by atoms with Crippen LogP contribution in [0.2, 0.25) is 0 Å².